The fraction of sp³-hybridized carbons (Fsp3) is 0.143. The summed E-state index contributed by atoms with van der Waals surface area (Å²) >= 11 is 2.85. The van der Waals surface area contributed by atoms with Crippen LogP contribution in [0.15, 0.2) is 16.6 Å². The van der Waals surface area contributed by atoms with Crippen molar-refractivity contribution in [3.05, 3.63) is 33.8 Å². The molecule has 1 rings (SSSR count). The first-order valence-electron chi connectivity index (χ1n) is 2.99. The second kappa shape index (κ2) is 3.28. The van der Waals surface area contributed by atoms with Crippen LogP contribution in [0.1, 0.15) is 5.56 Å². The summed E-state index contributed by atoms with van der Waals surface area (Å²) in [6.07, 6.45) is 0. The minimum absolute atomic E-state index is 0.00995. The normalized spacial score (nSPS) is 10.2. The number of halogens is 3. The summed E-state index contributed by atoms with van der Waals surface area (Å²) < 4.78 is 25.6. The third-order valence-electron chi connectivity index (χ3n) is 1.34. The smallest absolute Gasteiger partial charge is 0.173 e. The molecule has 1 aromatic carbocycles. The highest BCUT2D eigenvalue weighted by molar-refractivity contribution is 9.10. The van der Waals surface area contributed by atoms with Gasteiger partial charge in [-0.3, -0.25) is 0 Å². The molecular weight excluding hydrogens is 216 g/mol. The van der Waals surface area contributed by atoms with Gasteiger partial charge < -0.3 is 5.73 Å². The van der Waals surface area contributed by atoms with Crippen molar-refractivity contribution < 1.29 is 8.78 Å². The van der Waals surface area contributed by atoms with Gasteiger partial charge in [0.1, 0.15) is 0 Å². The van der Waals surface area contributed by atoms with E-state index in [1.807, 2.05) is 0 Å². The molecule has 0 saturated heterocycles. The van der Waals surface area contributed by atoms with Crippen molar-refractivity contribution in [1.29, 1.82) is 0 Å². The summed E-state index contributed by atoms with van der Waals surface area (Å²) in [5, 5.41) is 0. The molecule has 11 heavy (non-hydrogen) atoms. The van der Waals surface area contributed by atoms with E-state index in [2.05, 4.69) is 15.9 Å². The van der Waals surface area contributed by atoms with Gasteiger partial charge in [-0.15, -0.1) is 0 Å². The summed E-state index contributed by atoms with van der Waals surface area (Å²) in [4.78, 5) is 0. The van der Waals surface area contributed by atoms with Gasteiger partial charge in [0.25, 0.3) is 0 Å². The van der Waals surface area contributed by atoms with Gasteiger partial charge in [-0.25, -0.2) is 8.78 Å². The van der Waals surface area contributed by atoms with Crippen LogP contribution in [-0.2, 0) is 6.54 Å². The molecule has 0 saturated carbocycles. The zero-order valence-corrected chi connectivity index (χ0v) is 7.16. The van der Waals surface area contributed by atoms with Crippen LogP contribution in [0.25, 0.3) is 0 Å². The van der Waals surface area contributed by atoms with E-state index in [-0.39, 0.29) is 16.6 Å². The van der Waals surface area contributed by atoms with Gasteiger partial charge in [0.15, 0.2) is 11.6 Å². The van der Waals surface area contributed by atoms with E-state index in [4.69, 9.17) is 5.73 Å². The molecule has 0 aliphatic carbocycles. The lowest BCUT2D eigenvalue weighted by Crippen LogP contribution is -2.01. The molecule has 0 aromatic heterocycles. The van der Waals surface area contributed by atoms with Gasteiger partial charge in [0.05, 0.1) is 4.47 Å². The van der Waals surface area contributed by atoms with Crippen LogP contribution in [-0.4, -0.2) is 0 Å². The maximum absolute atomic E-state index is 12.8. The quantitative estimate of drug-likeness (QED) is 0.724. The summed E-state index contributed by atoms with van der Waals surface area (Å²) in [5.41, 5.74) is 5.33. The average molecular weight is 222 g/mol. The monoisotopic (exact) mass is 221 g/mol. The molecule has 60 valence electrons. The van der Waals surface area contributed by atoms with Crippen LogP contribution in [0, 0.1) is 11.6 Å². The molecule has 4 heteroatoms. The van der Waals surface area contributed by atoms with Crippen molar-refractivity contribution in [3.63, 3.8) is 0 Å². The van der Waals surface area contributed by atoms with Gasteiger partial charge >= 0.3 is 0 Å². The predicted octanol–water partition coefficient (Wildman–Crippen LogP) is 2.19. The molecule has 0 spiro atoms. The Bertz CT molecular complexity index is 275. The summed E-state index contributed by atoms with van der Waals surface area (Å²) in [5.74, 6) is -1.75. The Morgan fingerprint density at radius 1 is 1.27 bits per heavy atom. The summed E-state index contributed by atoms with van der Waals surface area (Å²) in [7, 11) is 0. The lowest BCUT2D eigenvalue weighted by molar-refractivity contribution is 0.495. The molecule has 1 aromatic rings. The second-order valence-corrected chi connectivity index (χ2v) is 2.89. The van der Waals surface area contributed by atoms with Crippen LogP contribution in [0.4, 0.5) is 8.78 Å². The zero-order valence-electron chi connectivity index (χ0n) is 5.57. The van der Waals surface area contributed by atoms with Crippen molar-refractivity contribution in [2.45, 2.75) is 6.54 Å². The van der Waals surface area contributed by atoms with Crippen molar-refractivity contribution in [1.82, 2.24) is 0 Å². The SMILES string of the molecule is NCc1ccc(Br)c(F)c1F. The molecule has 0 aliphatic heterocycles. The lowest BCUT2D eigenvalue weighted by Gasteiger charge is -2.00. The highest BCUT2D eigenvalue weighted by atomic mass is 79.9. The second-order valence-electron chi connectivity index (χ2n) is 2.04. The molecule has 0 atom stereocenters. The predicted molar refractivity (Wildman–Crippen MR) is 41.9 cm³/mol. The molecule has 0 amide bonds. The fourth-order valence-corrected chi connectivity index (χ4v) is 1.03. The van der Waals surface area contributed by atoms with Gasteiger partial charge in [0.2, 0.25) is 0 Å². The Morgan fingerprint density at radius 2 is 1.91 bits per heavy atom. The fourth-order valence-electron chi connectivity index (χ4n) is 0.724. The Labute approximate surface area is 71.3 Å². The highest BCUT2D eigenvalue weighted by Gasteiger charge is 2.09. The van der Waals surface area contributed by atoms with Crippen LogP contribution < -0.4 is 5.73 Å². The van der Waals surface area contributed by atoms with Crippen LogP contribution in [0.3, 0.4) is 0 Å². The van der Waals surface area contributed by atoms with E-state index in [0.717, 1.165) is 0 Å². The summed E-state index contributed by atoms with van der Waals surface area (Å²) in [6, 6.07) is 2.88. The molecule has 1 nitrogen and oxygen atoms in total. The van der Waals surface area contributed by atoms with Crippen molar-refractivity contribution >= 4 is 15.9 Å². The molecule has 0 unspecified atom stereocenters. The minimum Gasteiger partial charge on any atom is -0.326 e. The van der Waals surface area contributed by atoms with E-state index in [1.165, 1.54) is 12.1 Å². The Kier molecular flexibility index (Phi) is 2.57. The lowest BCUT2D eigenvalue weighted by atomic mass is 10.2. The third kappa shape index (κ3) is 1.57. The highest BCUT2D eigenvalue weighted by Crippen LogP contribution is 2.20. The maximum Gasteiger partial charge on any atom is 0.173 e. The number of rotatable bonds is 1. The maximum atomic E-state index is 12.8. The first-order valence-corrected chi connectivity index (χ1v) is 3.78. The zero-order chi connectivity index (χ0) is 8.43. The van der Waals surface area contributed by atoms with Crippen molar-refractivity contribution in [3.8, 4) is 0 Å². The van der Waals surface area contributed by atoms with Crippen molar-refractivity contribution in [2.24, 2.45) is 5.73 Å². The molecule has 0 fully saturated rings. The first-order chi connectivity index (χ1) is 5.16. The van der Waals surface area contributed by atoms with Gasteiger partial charge in [-0.05, 0) is 22.0 Å². The number of hydrogen-bond acceptors (Lipinski definition) is 1. The average Bonchev–Trinajstić information content (AvgIpc) is 2.01. The molecule has 0 bridgehead atoms. The van der Waals surface area contributed by atoms with Crippen LogP contribution in [0.2, 0.25) is 0 Å². The first kappa shape index (κ1) is 8.62. The Hall–Kier alpha value is -0.480. The number of nitrogens with two attached hydrogens (primary N) is 1. The van der Waals surface area contributed by atoms with E-state index in [0.29, 0.717) is 0 Å². The largest absolute Gasteiger partial charge is 0.326 e. The number of hydrogen-bond donors (Lipinski definition) is 1. The van der Waals surface area contributed by atoms with Gasteiger partial charge in [0, 0.05) is 12.1 Å². The molecule has 0 radical (unpaired) electrons. The molecular formula is C7H6BrF2N. The number of benzene rings is 1. The standard InChI is InChI=1S/C7H6BrF2N/c8-5-2-1-4(3-11)6(9)7(5)10/h1-2H,3,11H2. The van der Waals surface area contributed by atoms with Crippen LogP contribution >= 0.6 is 15.9 Å². The van der Waals surface area contributed by atoms with E-state index in [9.17, 15) is 8.78 Å². The van der Waals surface area contributed by atoms with Crippen molar-refractivity contribution in [2.75, 3.05) is 0 Å². The van der Waals surface area contributed by atoms with E-state index in [1.54, 1.807) is 0 Å². The summed E-state index contributed by atoms with van der Waals surface area (Å²) in [6.45, 7) is 0.00995. The van der Waals surface area contributed by atoms with E-state index >= 15 is 0 Å². The molecule has 0 aliphatic rings. The van der Waals surface area contributed by atoms with E-state index < -0.39 is 11.6 Å². The topological polar surface area (TPSA) is 26.0 Å². The third-order valence-corrected chi connectivity index (χ3v) is 1.95. The Morgan fingerprint density at radius 3 is 2.45 bits per heavy atom. The Balaban J connectivity index is 3.25. The van der Waals surface area contributed by atoms with Crippen LogP contribution in [0.5, 0.6) is 0 Å². The van der Waals surface area contributed by atoms with Gasteiger partial charge in [-0.2, -0.15) is 0 Å². The molecule has 0 heterocycles. The van der Waals surface area contributed by atoms with Gasteiger partial charge in [-0.1, -0.05) is 6.07 Å². The molecule has 2 N–H and O–H groups in total. The minimum atomic E-state index is -0.882.